The normalized spacial score (nSPS) is 23.1. The number of ether oxygens (including phenoxy) is 4. The summed E-state index contributed by atoms with van der Waals surface area (Å²) in [5.74, 6) is -0.349. The zero-order chi connectivity index (χ0) is 22.7. The van der Waals surface area contributed by atoms with Crippen molar-refractivity contribution in [2.24, 2.45) is 0 Å². The average molecular weight is 491 g/mol. The number of hydrogen-bond acceptors (Lipinski definition) is 7. The van der Waals surface area contributed by atoms with Gasteiger partial charge in [-0.15, -0.1) is 0 Å². The summed E-state index contributed by atoms with van der Waals surface area (Å²) < 4.78 is 25.6. The Morgan fingerprint density at radius 3 is 2.64 bits per heavy atom. The van der Waals surface area contributed by atoms with Gasteiger partial charge < -0.3 is 23.8 Å². The van der Waals surface area contributed by atoms with Crippen LogP contribution < -0.4 is 9.64 Å². The van der Waals surface area contributed by atoms with E-state index in [0.29, 0.717) is 35.4 Å². The number of morpholine rings is 1. The van der Waals surface area contributed by atoms with Crippen LogP contribution in [0, 0.1) is 0 Å². The smallest absolute Gasteiger partial charge is 0.217 e. The zero-order valence-electron chi connectivity index (χ0n) is 17.9. The Kier molecular flexibility index (Phi) is 6.71. The number of rotatable bonds is 7. The number of halogens is 2. The summed E-state index contributed by atoms with van der Waals surface area (Å²) in [7, 11) is 0. The molecular formula is C23H24Cl2N4O4. The van der Waals surface area contributed by atoms with Gasteiger partial charge in [-0.05, 0) is 36.4 Å². The van der Waals surface area contributed by atoms with Gasteiger partial charge in [-0.25, -0.2) is 9.67 Å². The Bertz CT molecular complexity index is 1060. The fraction of sp³-hybridized carbons (Fsp3) is 0.391. The predicted molar refractivity (Wildman–Crippen MR) is 124 cm³/mol. The van der Waals surface area contributed by atoms with Crippen LogP contribution in [0.25, 0.3) is 0 Å². The first-order valence-corrected chi connectivity index (χ1v) is 11.5. The van der Waals surface area contributed by atoms with Crippen LogP contribution >= 0.6 is 23.2 Å². The monoisotopic (exact) mass is 490 g/mol. The van der Waals surface area contributed by atoms with Crippen LogP contribution in [-0.4, -0.2) is 60.4 Å². The second-order valence-electron chi connectivity index (χ2n) is 7.93. The van der Waals surface area contributed by atoms with E-state index in [9.17, 15) is 0 Å². The summed E-state index contributed by atoms with van der Waals surface area (Å²) in [5.41, 5.74) is 1.84. The van der Waals surface area contributed by atoms with Crippen LogP contribution in [0.3, 0.4) is 0 Å². The molecule has 2 fully saturated rings. The third-order valence-corrected chi connectivity index (χ3v) is 6.23. The summed E-state index contributed by atoms with van der Waals surface area (Å²) in [6.07, 6.45) is 2.78. The Labute approximate surface area is 201 Å². The third kappa shape index (κ3) is 5.10. The van der Waals surface area contributed by atoms with Crippen molar-refractivity contribution in [3.8, 4) is 5.75 Å². The minimum Gasteiger partial charge on any atom is -0.491 e. The van der Waals surface area contributed by atoms with Crippen LogP contribution in [0.4, 0.5) is 5.69 Å². The molecule has 33 heavy (non-hydrogen) atoms. The maximum Gasteiger partial charge on any atom is 0.217 e. The van der Waals surface area contributed by atoms with E-state index >= 15 is 0 Å². The van der Waals surface area contributed by atoms with Crippen LogP contribution in [0.2, 0.25) is 10.0 Å². The molecule has 0 saturated carbocycles. The molecule has 0 bridgehead atoms. The highest BCUT2D eigenvalue weighted by molar-refractivity contribution is 6.35. The molecule has 1 aromatic heterocycles. The quantitative estimate of drug-likeness (QED) is 0.499. The van der Waals surface area contributed by atoms with E-state index in [1.54, 1.807) is 23.1 Å². The number of aromatic nitrogens is 3. The molecule has 0 amide bonds. The van der Waals surface area contributed by atoms with E-state index in [0.717, 1.165) is 37.7 Å². The Morgan fingerprint density at radius 1 is 1.09 bits per heavy atom. The predicted octanol–water partition coefficient (Wildman–Crippen LogP) is 3.77. The number of benzene rings is 2. The first-order valence-electron chi connectivity index (χ1n) is 10.8. The summed E-state index contributed by atoms with van der Waals surface area (Å²) in [6.45, 7) is 4.28. The molecule has 2 aliphatic rings. The van der Waals surface area contributed by atoms with Crippen LogP contribution in [0.5, 0.6) is 5.75 Å². The minimum atomic E-state index is -1.12. The van der Waals surface area contributed by atoms with Crippen molar-refractivity contribution in [1.82, 2.24) is 14.8 Å². The van der Waals surface area contributed by atoms with Gasteiger partial charge in [0.05, 0.1) is 24.8 Å². The fourth-order valence-electron chi connectivity index (χ4n) is 4.05. The SMILES string of the molecule is Clc1ccc(C2(Cn3cncn3)OCC(COc3ccc(N4CCOCC4)cc3)O2)c(Cl)c1. The highest BCUT2D eigenvalue weighted by atomic mass is 35.5. The molecule has 0 aliphatic carbocycles. The maximum absolute atomic E-state index is 6.51. The lowest BCUT2D eigenvalue weighted by Crippen LogP contribution is -2.36. The number of nitrogens with zero attached hydrogens (tertiary/aromatic N) is 4. The van der Waals surface area contributed by atoms with Crippen LogP contribution in [0.1, 0.15) is 5.56 Å². The Balaban J connectivity index is 1.26. The molecule has 2 atom stereocenters. The van der Waals surface area contributed by atoms with Crippen LogP contribution in [-0.2, 0) is 26.5 Å². The van der Waals surface area contributed by atoms with Gasteiger partial charge >= 0.3 is 0 Å². The van der Waals surface area contributed by atoms with E-state index in [1.165, 1.54) is 6.33 Å². The van der Waals surface area contributed by atoms with Crippen molar-refractivity contribution in [2.75, 3.05) is 44.4 Å². The van der Waals surface area contributed by atoms with E-state index in [2.05, 4.69) is 27.1 Å². The molecular weight excluding hydrogens is 467 g/mol. The van der Waals surface area contributed by atoms with Gasteiger partial charge in [0.2, 0.25) is 5.79 Å². The van der Waals surface area contributed by atoms with E-state index < -0.39 is 5.79 Å². The van der Waals surface area contributed by atoms with Gasteiger partial charge in [0, 0.05) is 29.4 Å². The Hall–Kier alpha value is -2.36. The van der Waals surface area contributed by atoms with Gasteiger partial charge in [0.25, 0.3) is 0 Å². The van der Waals surface area contributed by atoms with Crippen molar-refractivity contribution in [3.63, 3.8) is 0 Å². The number of hydrogen-bond donors (Lipinski definition) is 0. The molecule has 8 nitrogen and oxygen atoms in total. The van der Waals surface area contributed by atoms with Gasteiger partial charge in [0.1, 0.15) is 37.7 Å². The molecule has 10 heteroatoms. The van der Waals surface area contributed by atoms with Gasteiger partial charge in [-0.1, -0.05) is 29.3 Å². The summed E-state index contributed by atoms with van der Waals surface area (Å²) >= 11 is 12.6. The second kappa shape index (κ2) is 9.87. The van der Waals surface area contributed by atoms with Gasteiger partial charge in [-0.2, -0.15) is 5.10 Å². The molecule has 2 aliphatic heterocycles. The number of anilines is 1. The molecule has 3 heterocycles. The van der Waals surface area contributed by atoms with E-state index in [4.69, 9.17) is 42.1 Å². The molecule has 2 unspecified atom stereocenters. The largest absolute Gasteiger partial charge is 0.491 e. The van der Waals surface area contributed by atoms with Gasteiger partial charge in [0.15, 0.2) is 0 Å². The van der Waals surface area contributed by atoms with E-state index in [-0.39, 0.29) is 6.10 Å². The average Bonchev–Trinajstić information content (AvgIpc) is 3.49. The third-order valence-electron chi connectivity index (χ3n) is 5.69. The molecule has 5 rings (SSSR count). The molecule has 2 aromatic carbocycles. The molecule has 0 N–H and O–H groups in total. The maximum atomic E-state index is 6.51. The topological polar surface area (TPSA) is 70.9 Å². The lowest BCUT2D eigenvalue weighted by atomic mass is 10.1. The molecule has 0 spiro atoms. The molecule has 3 aromatic rings. The second-order valence-corrected chi connectivity index (χ2v) is 8.77. The zero-order valence-corrected chi connectivity index (χ0v) is 19.4. The summed E-state index contributed by atoms with van der Waals surface area (Å²) in [5, 5.41) is 5.20. The molecule has 0 radical (unpaired) electrons. The summed E-state index contributed by atoms with van der Waals surface area (Å²) in [4.78, 5) is 6.31. The highest BCUT2D eigenvalue weighted by Gasteiger charge is 2.45. The highest BCUT2D eigenvalue weighted by Crippen LogP contribution is 2.40. The fourth-order valence-corrected chi connectivity index (χ4v) is 4.60. The summed E-state index contributed by atoms with van der Waals surface area (Å²) in [6, 6.07) is 13.3. The standard InChI is InChI=1S/C23H24Cl2N4O4/c24-17-1-6-21(22(25)11-17)23(14-29-16-26-15-27-29)32-13-20(33-23)12-31-19-4-2-18(3-5-19)28-7-9-30-10-8-28/h1-6,11,15-16,20H,7-10,12-14H2. The van der Waals surface area contributed by atoms with Gasteiger partial charge in [-0.3, -0.25) is 0 Å². The first-order chi connectivity index (χ1) is 16.1. The lowest BCUT2D eigenvalue weighted by molar-refractivity contribution is -0.190. The first kappa shape index (κ1) is 22.4. The van der Waals surface area contributed by atoms with Crippen molar-refractivity contribution >= 4 is 28.9 Å². The molecule has 174 valence electrons. The minimum absolute atomic E-state index is 0.291. The lowest BCUT2D eigenvalue weighted by Gasteiger charge is -2.29. The van der Waals surface area contributed by atoms with Crippen LogP contribution in [0.15, 0.2) is 55.1 Å². The molecule has 2 saturated heterocycles. The van der Waals surface area contributed by atoms with Crippen molar-refractivity contribution in [1.29, 1.82) is 0 Å². The van der Waals surface area contributed by atoms with E-state index in [1.807, 2.05) is 18.2 Å². The van der Waals surface area contributed by atoms with Crippen molar-refractivity contribution in [2.45, 2.75) is 18.4 Å². The van der Waals surface area contributed by atoms with Crippen molar-refractivity contribution < 1.29 is 18.9 Å². The Morgan fingerprint density at radius 2 is 1.91 bits per heavy atom. The van der Waals surface area contributed by atoms with Crippen molar-refractivity contribution in [3.05, 3.63) is 70.7 Å².